The van der Waals surface area contributed by atoms with Gasteiger partial charge in [0.2, 0.25) is 0 Å². The summed E-state index contributed by atoms with van der Waals surface area (Å²) in [5.41, 5.74) is 6.58. The number of pyridine rings is 1. The Labute approximate surface area is 85.8 Å². The highest BCUT2D eigenvalue weighted by Crippen LogP contribution is 2.16. The highest BCUT2D eigenvalue weighted by Gasteiger charge is 1.98. The van der Waals surface area contributed by atoms with E-state index in [1.807, 2.05) is 17.5 Å². The first-order chi connectivity index (χ1) is 6.88. The molecule has 0 aliphatic carbocycles. The third-order valence-corrected chi connectivity index (χ3v) is 2.42. The first-order valence-electron chi connectivity index (χ1n) is 4.20. The van der Waals surface area contributed by atoms with Gasteiger partial charge in [0.25, 0.3) is 0 Å². The largest absolute Gasteiger partial charge is 0.326 e. The molecule has 14 heavy (non-hydrogen) atoms. The monoisotopic (exact) mass is 206 g/mol. The minimum atomic E-state index is 0.523. The Hall–Kier alpha value is -1.46. The van der Waals surface area contributed by atoms with Gasteiger partial charge in [0, 0.05) is 24.3 Å². The fourth-order valence-electron chi connectivity index (χ4n) is 1.06. The second kappa shape index (κ2) is 4.17. The van der Waals surface area contributed by atoms with E-state index in [2.05, 4.69) is 15.3 Å². The van der Waals surface area contributed by atoms with Crippen molar-refractivity contribution in [1.29, 1.82) is 0 Å². The van der Waals surface area contributed by atoms with Crippen LogP contribution in [0.4, 0.5) is 10.9 Å². The summed E-state index contributed by atoms with van der Waals surface area (Å²) < 4.78 is 0. The van der Waals surface area contributed by atoms with E-state index in [0.29, 0.717) is 6.54 Å². The number of aromatic nitrogens is 2. The summed E-state index contributed by atoms with van der Waals surface area (Å²) in [7, 11) is 0. The Morgan fingerprint density at radius 1 is 1.36 bits per heavy atom. The maximum absolute atomic E-state index is 5.52. The van der Waals surface area contributed by atoms with Gasteiger partial charge in [-0.25, -0.2) is 9.97 Å². The van der Waals surface area contributed by atoms with Crippen LogP contribution in [0.15, 0.2) is 29.9 Å². The van der Waals surface area contributed by atoms with Crippen LogP contribution in [-0.4, -0.2) is 9.97 Å². The van der Waals surface area contributed by atoms with Gasteiger partial charge in [-0.3, -0.25) is 0 Å². The minimum absolute atomic E-state index is 0.523. The van der Waals surface area contributed by atoms with Gasteiger partial charge in [0.05, 0.1) is 0 Å². The standard InChI is InChI=1S/C9H10N4S/c10-6-7-1-2-11-8(5-7)13-9-12-3-4-14-9/h1-5H,6,10H2,(H,11,12,13). The molecule has 0 aliphatic heterocycles. The van der Waals surface area contributed by atoms with Crippen LogP contribution in [0.2, 0.25) is 0 Å². The number of nitrogens with one attached hydrogen (secondary N) is 1. The van der Waals surface area contributed by atoms with Crippen LogP contribution in [-0.2, 0) is 6.54 Å². The molecule has 0 saturated heterocycles. The molecule has 0 aromatic carbocycles. The van der Waals surface area contributed by atoms with Gasteiger partial charge in [-0.1, -0.05) is 0 Å². The van der Waals surface area contributed by atoms with Gasteiger partial charge < -0.3 is 11.1 Å². The minimum Gasteiger partial charge on any atom is -0.326 e. The molecule has 2 aromatic heterocycles. The molecule has 0 radical (unpaired) electrons. The van der Waals surface area contributed by atoms with Gasteiger partial charge in [0.15, 0.2) is 5.13 Å². The van der Waals surface area contributed by atoms with Crippen molar-refractivity contribution in [3.05, 3.63) is 35.5 Å². The van der Waals surface area contributed by atoms with E-state index in [1.165, 1.54) is 11.3 Å². The number of thiazole rings is 1. The Morgan fingerprint density at radius 2 is 2.29 bits per heavy atom. The molecule has 0 spiro atoms. The first kappa shape index (κ1) is 9.11. The smallest absolute Gasteiger partial charge is 0.188 e. The summed E-state index contributed by atoms with van der Waals surface area (Å²) in [6, 6.07) is 3.81. The molecule has 4 nitrogen and oxygen atoms in total. The van der Waals surface area contributed by atoms with Crippen molar-refractivity contribution >= 4 is 22.3 Å². The fourth-order valence-corrected chi connectivity index (χ4v) is 1.60. The van der Waals surface area contributed by atoms with Crippen LogP contribution >= 0.6 is 11.3 Å². The summed E-state index contributed by atoms with van der Waals surface area (Å²) in [6.45, 7) is 0.523. The molecule has 3 N–H and O–H groups in total. The van der Waals surface area contributed by atoms with Crippen molar-refractivity contribution in [2.75, 3.05) is 5.32 Å². The van der Waals surface area contributed by atoms with Crippen molar-refractivity contribution in [2.24, 2.45) is 5.73 Å². The van der Waals surface area contributed by atoms with Gasteiger partial charge in [-0.05, 0) is 17.7 Å². The van der Waals surface area contributed by atoms with E-state index in [-0.39, 0.29) is 0 Å². The summed E-state index contributed by atoms with van der Waals surface area (Å²) in [6.07, 6.45) is 3.48. The summed E-state index contributed by atoms with van der Waals surface area (Å²) >= 11 is 1.54. The average Bonchev–Trinajstić information content (AvgIpc) is 2.71. The zero-order chi connectivity index (χ0) is 9.80. The highest BCUT2D eigenvalue weighted by molar-refractivity contribution is 7.13. The number of hydrogen-bond acceptors (Lipinski definition) is 5. The van der Waals surface area contributed by atoms with Crippen LogP contribution in [0.1, 0.15) is 5.56 Å². The number of nitrogens with two attached hydrogens (primary N) is 1. The molecule has 2 aromatic rings. The summed E-state index contributed by atoms with van der Waals surface area (Å²) in [5.74, 6) is 0.780. The first-order valence-corrected chi connectivity index (χ1v) is 5.08. The number of anilines is 2. The molecule has 2 heterocycles. The van der Waals surface area contributed by atoms with E-state index >= 15 is 0 Å². The lowest BCUT2D eigenvalue weighted by atomic mass is 10.2. The molecule has 0 unspecified atom stereocenters. The van der Waals surface area contributed by atoms with E-state index in [9.17, 15) is 0 Å². The third-order valence-electron chi connectivity index (χ3n) is 1.73. The lowest BCUT2D eigenvalue weighted by Gasteiger charge is -2.02. The molecule has 0 fully saturated rings. The third kappa shape index (κ3) is 2.07. The maximum Gasteiger partial charge on any atom is 0.188 e. The second-order valence-electron chi connectivity index (χ2n) is 2.72. The predicted octanol–water partition coefficient (Wildman–Crippen LogP) is 1.74. The second-order valence-corrected chi connectivity index (χ2v) is 3.61. The SMILES string of the molecule is NCc1ccnc(Nc2nccs2)c1. The number of hydrogen-bond donors (Lipinski definition) is 2. The van der Waals surface area contributed by atoms with Crippen LogP contribution < -0.4 is 11.1 Å². The lowest BCUT2D eigenvalue weighted by molar-refractivity contribution is 1.06. The van der Waals surface area contributed by atoms with Crippen LogP contribution in [0, 0.1) is 0 Å². The van der Waals surface area contributed by atoms with E-state index in [4.69, 9.17) is 5.73 Å². The molecule has 0 bridgehead atoms. The van der Waals surface area contributed by atoms with Gasteiger partial charge in [-0.2, -0.15) is 0 Å². The van der Waals surface area contributed by atoms with Gasteiger partial charge in [-0.15, -0.1) is 11.3 Å². The zero-order valence-corrected chi connectivity index (χ0v) is 8.29. The van der Waals surface area contributed by atoms with Crippen LogP contribution in [0.5, 0.6) is 0 Å². The van der Waals surface area contributed by atoms with Crippen molar-refractivity contribution < 1.29 is 0 Å². The Bertz CT molecular complexity index is 399. The molecule has 5 heteroatoms. The van der Waals surface area contributed by atoms with Crippen molar-refractivity contribution in [1.82, 2.24) is 9.97 Å². The zero-order valence-electron chi connectivity index (χ0n) is 7.47. The molecule has 0 saturated carbocycles. The van der Waals surface area contributed by atoms with Gasteiger partial charge >= 0.3 is 0 Å². The van der Waals surface area contributed by atoms with Gasteiger partial charge in [0.1, 0.15) is 5.82 Å². The molecule has 2 rings (SSSR count). The van der Waals surface area contributed by atoms with Crippen molar-refractivity contribution in [2.45, 2.75) is 6.54 Å². The molecular formula is C9H10N4S. The Kier molecular flexibility index (Phi) is 2.71. The Balaban J connectivity index is 2.17. The Morgan fingerprint density at radius 3 is 3.00 bits per heavy atom. The molecule has 0 aliphatic rings. The fraction of sp³-hybridized carbons (Fsp3) is 0.111. The van der Waals surface area contributed by atoms with E-state index in [0.717, 1.165) is 16.5 Å². The molecule has 0 amide bonds. The van der Waals surface area contributed by atoms with Crippen LogP contribution in [0.3, 0.4) is 0 Å². The molecule has 72 valence electrons. The number of rotatable bonds is 3. The lowest BCUT2D eigenvalue weighted by Crippen LogP contribution is -1.99. The van der Waals surface area contributed by atoms with Crippen LogP contribution in [0.25, 0.3) is 0 Å². The van der Waals surface area contributed by atoms with Crippen molar-refractivity contribution in [3.8, 4) is 0 Å². The van der Waals surface area contributed by atoms with E-state index < -0.39 is 0 Å². The molecular weight excluding hydrogens is 196 g/mol. The summed E-state index contributed by atoms with van der Waals surface area (Å²) in [5, 5.41) is 5.85. The maximum atomic E-state index is 5.52. The average molecular weight is 206 g/mol. The number of nitrogens with zero attached hydrogens (tertiary/aromatic N) is 2. The normalized spacial score (nSPS) is 10.1. The van der Waals surface area contributed by atoms with E-state index in [1.54, 1.807) is 12.4 Å². The highest BCUT2D eigenvalue weighted by atomic mass is 32.1. The quantitative estimate of drug-likeness (QED) is 0.803. The molecule has 0 atom stereocenters. The summed E-state index contributed by atoms with van der Waals surface area (Å²) in [4.78, 5) is 8.27. The topological polar surface area (TPSA) is 63.8 Å². The predicted molar refractivity (Wildman–Crippen MR) is 57.5 cm³/mol. The van der Waals surface area contributed by atoms with Crippen molar-refractivity contribution in [3.63, 3.8) is 0 Å².